The summed E-state index contributed by atoms with van der Waals surface area (Å²) in [4.78, 5) is 38.4. The number of carbonyl (C=O) groups is 3. The molecule has 0 aromatic rings. The van der Waals surface area contributed by atoms with E-state index in [0.29, 0.717) is 19.3 Å². The van der Waals surface area contributed by atoms with E-state index in [9.17, 15) is 14.4 Å². The van der Waals surface area contributed by atoms with Crippen LogP contribution in [0.4, 0.5) is 0 Å². The molecule has 0 amide bonds. The minimum Gasteiger partial charge on any atom is -0.462 e. The predicted octanol–water partition coefficient (Wildman–Crippen LogP) is 23.4. The Morgan fingerprint density at radius 3 is 0.711 bits per heavy atom. The Hall–Kier alpha value is -5.23. The summed E-state index contributed by atoms with van der Waals surface area (Å²) >= 11 is 0. The van der Waals surface area contributed by atoms with Crippen LogP contribution in [0.25, 0.3) is 0 Å². The van der Waals surface area contributed by atoms with Gasteiger partial charge in [-0.3, -0.25) is 14.4 Å². The van der Waals surface area contributed by atoms with Crippen LogP contribution in [0.5, 0.6) is 0 Å². The first kappa shape index (κ1) is 77.8. The lowest BCUT2D eigenvalue weighted by atomic mass is 10.0. The Morgan fingerprint density at radius 1 is 0.241 bits per heavy atom. The van der Waals surface area contributed by atoms with Crippen molar-refractivity contribution >= 4 is 17.9 Å². The number of allylic oxidation sites excluding steroid dienone is 28. The third-order valence-corrected chi connectivity index (χ3v) is 13.7. The Morgan fingerprint density at radius 2 is 0.446 bits per heavy atom. The van der Waals surface area contributed by atoms with E-state index in [4.69, 9.17) is 14.2 Å². The molecule has 0 aromatic carbocycles. The first-order valence-corrected chi connectivity index (χ1v) is 33.6. The van der Waals surface area contributed by atoms with Crippen molar-refractivity contribution in [2.45, 2.75) is 284 Å². The maximum absolute atomic E-state index is 12.9. The Balaban J connectivity index is 4.50. The van der Waals surface area contributed by atoms with Crippen LogP contribution >= 0.6 is 0 Å². The first-order chi connectivity index (χ1) is 41.0. The van der Waals surface area contributed by atoms with Crippen LogP contribution in [0, 0.1) is 0 Å². The van der Waals surface area contributed by atoms with Crippen LogP contribution < -0.4 is 0 Å². The smallest absolute Gasteiger partial charge is 0.306 e. The van der Waals surface area contributed by atoms with Gasteiger partial charge in [-0.25, -0.2) is 0 Å². The average molecular weight is 1140 g/mol. The van der Waals surface area contributed by atoms with Crippen molar-refractivity contribution in [3.05, 3.63) is 170 Å². The molecule has 1 unspecified atom stereocenters. The summed E-state index contributed by atoms with van der Waals surface area (Å²) in [6.45, 7) is 6.25. The van der Waals surface area contributed by atoms with E-state index in [-0.39, 0.29) is 37.5 Å². The summed E-state index contributed by atoms with van der Waals surface area (Å²) < 4.78 is 16.9. The minimum atomic E-state index is -0.825. The summed E-state index contributed by atoms with van der Waals surface area (Å²) in [5, 5.41) is 0. The Kier molecular flexibility index (Phi) is 64.9. The maximum atomic E-state index is 12.9. The molecule has 6 nitrogen and oxygen atoms in total. The fraction of sp³-hybridized carbons (Fsp3) is 0.597. The molecule has 0 bridgehead atoms. The predicted molar refractivity (Wildman–Crippen MR) is 361 cm³/mol. The number of unbranched alkanes of at least 4 members (excludes halogenated alkanes) is 20. The number of hydrogen-bond acceptors (Lipinski definition) is 6. The molecule has 0 aliphatic heterocycles. The normalized spacial score (nSPS) is 13.2. The van der Waals surface area contributed by atoms with Gasteiger partial charge in [0.25, 0.3) is 0 Å². The van der Waals surface area contributed by atoms with Crippen LogP contribution in [-0.4, -0.2) is 37.2 Å². The molecule has 0 N–H and O–H groups in total. The number of hydrogen-bond donors (Lipinski definition) is 0. The van der Waals surface area contributed by atoms with Gasteiger partial charge in [-0.15, -0.1) is 0 Å². The van der Waals surface area contributed by atoms with E-state index in [1.165, 1.54) is 89.9 Å². The van der Waals surface area contributed by atoms with Gasteiger partial charge in [0, 0.05) is 19.3 Å². The quantitative estimate of drug-likeness (QED) is 0.0261. The third kappa shape index (κ3) is 67.4. The van der Waals surface area contributed by atoms with Crippen LogP contribution in [0.15, 0.2) is 170 Å². The van der Waals surface area contributed by atoms with Gasteiger partial charge in [0.2, 0.25) is 0 Å². The SMILES string of the molecule is CC/C=C\C/C=C\C/C=C\C/C=C\C/C=C\C/C=C\C/C=C\CCCC(=O)OC(COC(=O)CCCCCCCCC/C=C\C/C=C\C/C=C\CC)COC(=O)CCCCCCCCCCCCCC/C=C\C/C=C\C/C=C\C/C=C\CC. The fourth-order valence-corrected chi connectivity index (χ4v) is 8.79. The molecule has 0 spiro atoms. The average Bonchev–Trinajstić information content (AvgIpc) is 3.49. The molecule has 0 aromatic heterocycles. The summed E-state index contributed by atoms with van der Waals surface area (Å²) in [6.07, 6.45) is 102. The van der Waals surface area contributed by atoms with Crippen molar-refractivity contribution in [2.75, 3.05) is 13.2 Å². The second kappa shape index (κ2) is 69.3. The monoisotopic (exact) mass is 1140 g/mol. The number of carbonyl (C=O) groups excluding carboxylic acids is 3. The second-order valence-electron chi connectivity index (χ2n) is 21.6. The zero-order chi connectivity index (χ0) is 59.9. The third-order valence-electron chi connectivity index (χ3n) is 13.7. The lowest BCUT2D eigenvalue weighted by Crippen LogP contribution is -2.30. The second-order valence-corrected chi connectivity index (χ2v) is 21.6. The highest BCUT2D eigenvalue weighted by Crippen LogP contribution is 2.15. The van der Waals surface area contributed by atoms with Gasteiger partial charge in [-0.1, -0.05) is 287 Å². The molecule has 6 heteroatoms. The molecule has 0 heterocycles. The molecular formula is C77H122O6. The highest BCUT2D eigenvalue weighted by Gasteiger charge is 2.19. The molecule has 466 valence electrons. The topological polar surface area (TPSA) is 78.9 Å². The van der Waals surface area contributed by atoms with Gasteiger partial charge in [-0.2, -0.15) is 0 Å². The van der Waals surface area contributed by atoms with Gasteiger partial charge < -0.3 is 14.2 Å². The largest absolute Gasteiger partial charge is 0.462 e. The molecule has 0 aliphatic carbocycles. The van der Waals surface area contributed by atoms with Crippen molar-refractivity contribution < 1.29 is 28.6 Å². The Bertz CT molecular complexity index is 1890. The van der Waals surface area contributed by atoms with Gasteiger partial charge >= 0.3 is 17.9 Å². The van der Waals surface area contributed by atoms with E-state index in [2.05, 4.69) is 191 Å². The van der Waals surface area contributed by atoms with E-state index in [1.54, 1.807) is 0 Å². The summed E-state index contributed by atoms with van der Waals surface area (Å²) in [5.41, 5.74) is 0. The molecule has 1 atom stereocenters. The molecule has 0 fully saturated rings. The van der Waals surface area contributed by atoms with E-state index >= 15 is 0 Å². The van der Waals surface area contributed by atoms with Gasteiger partial charge in [-0.05, 0) is 141 Å². The van der Waals surface area contributed by atoms with Crippen molar-refractivity contribution in [2.24, 2.45) is 0 Å². The number of esters is 3. The highest BCUT2D eigenvalue weighted by molar-refractivity contribution is 5.71. The van der Waals surface area contributed by atoms with Crippen LogP contribution in [0.3, 0.4) is 0 Å². The zero-order valence-electron chi connectivity index (χ0n) is 53.4. The van der Waals surface area contributed by atoms with Crippen LogP contribution in [0.1, 0.15) is 278 Å². The first-order valence-electron chi connectivity index (χ1n) is 33.6. The molecule has 83 heavy (non-hydrogen) atoms. The fourth-order valence-electron chi connectivity index (χ4n) is 8.79. The van der Waals surface area contributed by atoms with Crippen molar-refractivity contribution in [1.29, 1.82) is 0 Å². The van der Waals surface area contributed by atoms with Gasteiger partial charge in [0.05, 0.1) is 0 Å². The Labute approximate surface area is 511 Å². The summed E-state index contributed by atoms with van der Waals surface area (Å²) in [7, 11) is 0. The molecule has 0 radical (unpaired) electrons. The number of ether oxygens (including phenoxy) is 3. The van der Waals surface area contributed by atoms with Crippen LogP contribution in [0.2, 0.25) is 0 Å². The summed E-state index contributed by atoms with van der Waals surface area (Å²) in [6, 6.07) is 0. The van der Waals surface area contributed by atoms with Crippen molar-refractivity contribution in [3.8, 4) is 0 Å². The summed E-state index contributed by atoms with van der Waals surface area (Å²) in [5.74, 6) is -0.985. The zero-order valence-corrected chi connectivity index (χ0v) is 53.4. The van der Waals surface area contributed by atoms with Gasteiger partial charge in [0.15, 0.2) is 6.10 Å². The lowest BCUT2D eigenvalue weighted by Gasteiger charge is -2.18. The molecule has 0 aliphatic rings. The van der Waals surface area contributed by atoms with E-state index in [0.717, 1.165) is 141 Å². The molecule has 0 rings (SSSR count). The maximum Gasteiger partial charge on any atom is 0.306 e. The van der Waals surface area contributed by atoms with Crippen molar-refractivity contribution in [1.82, 2.24) is 0 Å². The minimum absolute atomic E-state index is 0.112. The molecular weight excluding hydrogens is 1020 g/mol. The highest BCUT2D eigenvalue weighted by atomic mass is 16.6. The van der Waals surface area contributed by atoms with Crippen LogP contribution in [-0.2, 0) is 28.6 Å². The van der Waals surface area contributed by atoms with E-state index < -0.39 is 6.10 Å². The standard InChI is InChI=1S/C77H122O6/c1-4-7-10-13-16-19-22-25-28-31-33-35-37-38-40-41-43-46-49-52-55-58-61-64-67-70-76(79)82-73-74(72-81-75(78)69-66-63-60-57-54-51-48-45-30-27-24-21-18-15-12-9-6-3)83-77(80)71-68-65-62-59-56-53-50-47-44-42-39-36-34-32-29-26-23-20-17-14-11-8-5-2/h7-12,16-21,25-30,33-36,42,44,50,53,59,62,74H,4-6,13-15,22-24,31-32,37-41,43,45-49,51-52,54-58,60-61,63-73H2,1-3H3/b10-7-,11-8-,12-9-,19-16-,20-17-,21-18-,28-25-,29-26-,30-27-,35-33-,36-34-,44-42-,53-50-,62-59-. The van der Waals surface area contributed by atoms with Gasteiger partial charge in [0.1, 0.15) is 13.2 Å². The lowest BCUT2D eigenvalue weighted by molar-refractivity contribution is -0.167. The molecule has 0 saturated carbocycles. The number of rotatable bonds is 59. The van der Waals surface area contributed by atoms with Crippen molar-refractivity contribution in [3.63, 3.8) is 0 Å². The van der Waals surface area contributed by atoms with E-state index in [1.807, 2.05) is 0 Å². The molecule has 0 saturated heterocycles.